The maximum atomic E-state index is 13.7. The summed E-state index contributed by atoms with van der Waals surface area (Å²) in [4.78, 5) is 4.24. The highest BCUT2D eigenvalue weighted by atomic mass is 32.2. The molecule has 0 unspecified atom stereocenters. The predicted molar refractivity (Wildman–Crippen MR) is 73.2 cm³/mol. The van der Waals surface area contributed by atoms with Crippen LogP contribution < -0.4 is 10.5 Å². The number of halogens is 1. The van der Waals surface area contributed by atoms with Crippen LogP contribution in [0.3, 0.4) is 0 Å². The molecule has 0 bridgehead atoms. The van der Waals surface area contributed by atoms with Gasteiger partial charge in [-0.25, -0.2) is 17.8 Å². The van der Waals surface area contributed by atoms with Crippen LogP contribution in [0.4, 0.5) is 15.2 Å². The zero-order chi connectivity index (χ0) is 14.2. The number of rotatable bonds is 3. The molecule has 0 aliphatic carbocycles. The van der Waals surface area contributed by atoms with E-state index in [0.29, 0.717) is 5.56 Å². The fraction of sp³-hybridized carbons (Fsp3) is 0.182. The molecule has 0 amide bonds. The van der Waals surface area contributed by atoms with Crippen LogP contribution >= 0.6 is 11.3 Å². The van der Waals surface area contributed by atoms with Gasteiger partial charge in [-0.3, -0.25) is 4.72 Å². The summed E-state index contributed by atoms with van der Waals surface area (Å²) in [5, 5.41) is 0.191. The Morgan fingerprint density at radius 3 is 2.63 bits per heavy atom. The summed E-state index contributed by atoms with van der Waals surface area (Å²) < 4.78 is 40.1. The SMILES string of the molecule is Cc1cnc(NS(=O)(=O)c2cc(N)c(C)cc2F)s1. The number of nitrogen functional groups attached to an aromatic ring is 1. The molecule has 1 aromatic carbocycles. The number of benzene rings is 1. The van der Waals surface area contributed by atoms with Crippen molar-refractivity contribution in [3.05, 3.63) is 34.6 Å². The molecule has 5 nitrogen and oxygen atoms in total. The molecule has 3 N–H and O–H groups in total. The Balaban J connectivity index is 2.42. The zero-order valence-corrected chi connectivity index (χ0v) is 11.9. The lowest BCUT2D eigenvalue weighted by Crippen LogP contribution is -2.15. The first-order valence-corrected chi connectivity index (χ1v) is 7.60. The second kappa shape index (κ2) is 4.78. The Kier molecular flexibility index (Phi) is 3.46. The van der Waals surface area contributed by atoms with E-state index >= 15 is 0 Å². The van der Waals surface area contributed by atoms with Gasteiger partial charge in [-0.2, -0.15) is 0 Å². The van der Waals surface area contributed by atoms with Crippen molar-refractivity contribution in [2.45, 2.75) is 18.7 Å². The smallest absolute Gasteiger partial charge is 0.266 e. The minimum atomic E-state index is -4.03. The summed E-state index contributed by atoms with van der Waals surface area (Å²) in [5.41, 5.74) is 6.32. The lowest BCUT2D eigenvalue weighted by Gasteiger charge is -2.08. The average Bonchev–Trinajstić information content (AvgIpc) is 2.68. The van der Waals surface area contributed by atoms with Crippen LogP contribution in [0.25, 0.3) is 0 Å². The Morgan fingerprint density at radius 2 is 2.05 bits per heavy atom. The highest BCUT2D eigenvalue weighted by Gasteiger charge is 2.21. The summed E-state index contributed by atoms with van der Waals surface area (Å²) in [6, 6.07) is 2.20. The summed E-state index contributed by atoms with van der Waals surface area (Å²) >= 11 is 1.17. The first kappa shape index (κ1) is 13.8. The van der Waals surface area contributed by atoms with Gasteiger partial charge in [0.05, 0.1) is 0 Å². The van der Waals surface area contributed by atoms with Gasteiger partial charge in [-0.15, -0.1) is 11.3 Å². The standard InChI is InChI=1S/C11H12FN3O2S2/c1-6-3-8(12)10(4-9(6)13)19(16,17)15-11-14-5-7(2)18-11/h3-5H,13H2,1-2H3,(H,14,15). The second-order valence-electron chi connectivity index (χ2n) is 4.02. The summed E-state index contributed by atoms with van der Waals surface area (Å²) in [5.74, 6) is -0.840. The van der Waals surface area contributed by atoms with Gasteiger partial charge in [0.25, 0.3) is 10.0 Å². The van der Waals surface area contributed by atoms with Crippen LogP contribution in [-0.2, 0) is 10.0 Å². The molecule has 0 aliphatic heterocycles. The van der Waals surface area contributed by atoms with Gasteiger partial charge in [0.1, 0.15) is 10.7 Å². The van der Waals surface area contributed by atoms with Gasteiger partial charge in [0, 0.05) is 16.8 Å². The lowest BCUT2D eigenvalue weighted by molar-refractivity contribution is 0.570. The highest BCUT2D eigenvalue weighted by Crippen LogP contribution is 2.25. The molecule has 102 valence electrons. The summed E-state index contributed by atoms with van der Waals surface area (Å²) in [7, 11) is -4.03. The Hall–Kier alpha value is -1.67. The molecule has 0 radical (unpaired) electrons. The second-order valence-corrected chi connectivity index (χ2v) is 6.91. The van der Waals surface area contributed by atoms with Gasteiger partial charge in [0.2, 0.25) is 0 Å². The van der Waals surface area contributed by atoms with Crippen molar-refractivity contribution >= 4 is 32.2 Å². The van der Waals surface area contributed by atoms with Crippen LogP contribution in [0.1, 0.15) is 10.4 Å². The number of hydrogen-bond acceptors (Lipinski definition) is 5. The normalized spacial score (nSPS) is 11.5. The number of aromatic nitrogens is 1. The molecular formula is C11H12FN3O2S2. The zero-order valence-electron chi connectivity index (χ0n) is 10.3. The van der Waals surface area contributed by atoms with E-state index in [2.05, 4.69) is 9.71 Å². The molecule has 1 heterocycles. The van der Waals surface area contributed by atoms with E-state index in [1.807, 2.05) is 0 Å². The molecule has 2 aromatic rings. The van der Waals surface area contributed by atoms with Gasteiger partial charge in [-0.1, -0.05) is 0 Å². The number of anilines is 2. The molecule has 0 spiro atoms. The van der Waals surface area contributed by atoms with E-state index in [4.69, 9.17) is 5.73 Å². The quantitative estimate of drug-likeness (QED) is 0.852. The molecule has 0 fully saturated rings. The lowest BCUT2D eigenvalue weighted by atomic mass is 10.2. The van der Waals surface area contributed by atoms with E-state index in [-0.39, 0.29) is 10.8 Å². The maximum Gasteiger partial charge on any atom is 0.266 e. The number of aryl methyl sites for hydroxylation is 2. The molecule has 0 saturated heterocycles. The number of hydrogen-bond donors (Lipinski definition) is 2. The van der Waals surface area contributed by atoms with Crippen molar-refractivity contribution in [3.63, 3.8) is 0 Å². The monoisotopic (exact) mass is 301 g/mol. The maximum absolute atomic E-state index is 13.7. The third kappa shape index (κ3) is 2.85. The molecule has 0 atom stereocenters. The number of nitrogens with zero attached hydrogens (tertiary/aromatic N) is 1. The molecule has 0 aliphatic rings. The van der Waals surface area contributed by atoms with E-state index in [9.17, 15) is 12.8 Å². The van der Waals surface area contributed by atoms with Crippen LogP contribution in [0, 0.1) is 19.7 Å². The molecule has 19 heavy (non-hydrogen) atoms. The number of thiazole rings is 1. The fourth-order valence-electron chi connectivity index (χ4n) is 1.45. The third-order valence-corrected chi connectivity index (χ3v) is 4.76. The van der Waals surface area contributed by atoms with Gasteiger partial charge in [0.15, 0.2) is 5.13 Å². The van der Waals surface area contributed by atoms with E-state index in [1.54, 1.807) is 13.8 Å². The van der Waals surface area contributed by atoms with Crippen LogP contribution in [-0.4, -0.2) is 13.4 Å². The van der Waals surface area contributed by atoms with Crippen molar-refractivity contribution in [2.75, 3.05) is 10.5 Å². The van der Waals surface area contributed by atoms with Crippen LogP contribution in [0.15, 0.2) is 23.2 Å². The minimum absolute atomic E-state index is 0.191. The predicted octanol–water partition coefficient (Wildman–Crippen LogP) is 2.28. The Morgan fingerprint density at radius 1 is 1.37 bits per heavy atom. The third-order valence-electron chi connectivity index (χ3n) is 2.45. The minimum Gasteiger partial charge on any atom is -0.398 e. The fourth-order valence-corrected chi connectivity index (χ4v) is 3.45. The number of nitrogens with two attached hydrogens (primary N) is 1. The van der Waals surface area contributed by atoms with E-state index in [1.165, 1.54) is 17.5 Å². The van der Waals surface area contributed by atoms with Gasteiger partial charge >= 0.3 is 0 Å². The topological polar surface area (TPSA) is 85.1 Å². The van der Waals surface area contributed by atoms with Crippen LogP contribution in [0.5, 0.6) is 0 Å². The first-order valence-electron chi connectivity index (χ1n) is 5.30. The number of nitrogens with one attached hydrogen (secondary N) is 1. The molecule has 2 rings (SSSR count). The van der Waals surface area contributed by atoms with E-state index < -0.39 is 20.7 Å². The molecule has 1 aromatic heterocycles. The summed E-state index contributed by atoms with van der Waals surface area (Å²) in [6.45, 7) is 3.40. The first-order chi connectivity index (χ1) is 8.79. The van der Waals surface area contributed by atoms with Crippen molar-refractivity contribution in [3.8, 4) is 0 Å². The van der Waals surface area contributed by atoms with Crippen molar-refractivity contribution in [2.24, 2.45) is 0 Å². The van der Waals surface area contributed by atoms with E-state index in [0.717, 1.165) is 17.0 Å². The highest BCUT2D eigenvalue weighted by molar-refractivity contribution is 7.93. The van der Waals surface area contributed by atoms with Crippen LogP contribution in [0.2, 0.25) is 0 Å². The summed E-state index contributed by atoms with van der Waals surface area (Å²) in [6.07, 6.45) is 1.53. The van der Waals surface area contributed by atoms with Gasteiger partial charge in [-0.05, 0) is 31.5 Å². The van der Waals surface area contributed by atoms with Gasteiger partial charge < -0.3 is 5.73 Å². The Labute approximate surface area is 114 Å². The molecule has 8 heteroatoms. The molecule has 0 saturated carbocycles. The average molecular weight is 301 g/mol. The number of sulfonamides is 1. The Bertz CT molecular complexity index is 726. The largest absolute Gasteiger partial charge is 0.398 e. The van der Waals surface area contributed by atoms with Crippen molar-refractivity contribution in [1.29, 1.82) is 0 Å². The molecular weight excluding hydrogens is 289 g/mol. The van der Waals surface area contributed by atoms with Crippen molar-refractivity contribution < 1.29 is 12.8 Å². The van der Waals surface area contributed by atoms with Crippen molar-refractivity contribution in [1.82, 2.24) is 4.98 Å².